The van der Waals surface area contributed by atoms with Crippen LogP contribution in [0.5, 0.6) is 0 Å². The molecule has 0 aromatic rings. The molecular weight excluding hydrogens is 176 g/mol. The Kier molecular flexibility index (Phi) is 2.82. The Bertz CT molecular complexity index is 209. The van der Waals surface area contributed by atoms with E-state index >= 15 is 0 Å². The second-order valence-corrected chi connectivity index (χ2v) is 4.80. The molecule has 3 unspecified atom stereocenters. The lowest BCUT2D eigenvalue weighted by atomic mass is 9.97. The Labute approximate surface area is 86.8 Å². The van der Waals surface area contributed by atoms with Crippen molar-refractivity contribution >= 4 is 0 Å². The van der Waals surface area contributed by atoms with Crippen LogP contribution >= 0.6 is 0 Å². The highest BCUT2D eigenvalue weighted by atomic mass is 16.5. The van der Waals surface area contributed by atoms with Gasteiger partial charge in [0.25, 0.3) is 0 Å². The predicted octanol–water partition coefficient (Wildman–Crippen LogP) is 1.05. The summed E-state index contributed by atoms with van der Waals surface area (Å²) in [7, 11) is 0. The molecule has 1 N–H and O–H groups in total. The highest BCUT2D eigenvalue weighted by molar-refractivity contribution is 4.93. The molecule has 0 aliphatic carbocycles. The number of rotatable bonds is 2. The summed E-state index contributed by atoms with van der Waals surface area (Å²) in [4.78, 5) is 2.50. The maximum Gasteiger partial charge on any atom is 0.121 e. The molecule has 0 bridgehead atoms. The van der Waals surface area contributed by atoms with E-state index in [1.54, 1.807) is 0 Å². The van der Waals surface area contributed by atoms with Crippen LogP contribution in [0.1, 0.15) is 27.2 Å². The topological polar surface area (TPSA) is 24.5 Å². The van der Waals surface area contributed by atoms with Gasteiger partial charge in [0.1, 0.15) is 5.72 Å². The van der Waals surface area contributed by atoms with E-state index in [2.05, 4.69) is 31.0 Å². The number of nitrogens with one attached hydrogen (secondary N) is 1. The average molecular weight is 198 g/mol. The lowest BCUT2D eigenvalue weighted by Crippen LogP contribution is -2.46. The molecule has 0 spiro atoms. The molecule has 3 atom stereocenters. The van der Waals surface area contributed by atoms with Crippen molar-refractivity contribution in [2.24, 2.45) is 5.92 Å². The van der Waals surface area contributed by atoms with Gasteiger partial charge >= 0.3 is 0 Å². The lowest BCUT2D eigenvalue weighted by molar-refractivity contribution is -0.0685. The van der Waals surface area contributed by atoms with Crippen LogP contribution in [0.4, 0.5) is 0 Å². The zero-order valence-electron chi connectivity index (χ0n) is 9.55. The fourth-order valence-electron chi connectivity index (χ4n) is 2.66. The third kappa shape index (κ3) is 1.81. The van der Waals surface area contributed by atoms with Crippen molar-refractivity contribution in [3.8, 4) is 0 Å². The smallest absolute Gasteiger partial charge is 0.121 e. The number of nitrogens with zero attached hydrogens (tertiary/aromatic N) is 1. The lowest BCUT2D eigenvalue weighted by Gasteiger charge is -2.31. The molecule has 3 nitrogen and oxygen atoms in total. The fraction of sp³-hybridized carbons (Fsp3) is 1.00. The normalized spacial score (nSPS) is 44.8. The number of hydrogen-bond donors (Lipinski definition) is 1. The molecule has 2 aliphatic heterocycles. The van der Waals surface area contributed by atoms with Gasteiger partial charge in [0, 0.05) is 19.0 Å². The monoisotopic (exact) mass is 198 g/mol. The van der Waals surface area contributed by atoms with Gasteiger partial charge in [0.05, 0.1) is 6.10 Å². The summed E-state index contributed by atoms with van der Waals surface area (Å²) in [5.41, 5.74) is -0.0661. The van der Waals surface area contributed by atoms with Crippen molar-refractivity contribution in [2.45, 2.75) is 39.0 Å². The van der Waals surface area contributed by atoms with Gasteiger partial charge < -0.3 is 9.64 Å². The Morgan fingerprint density at radius 1 is 1.57 bits per heavy atom. The minimum Gasteiger partial charge on any atom is -0.356 e. The van der Waals surface area contributed by atoms with Crippen molar-refractivity contribution in [1.82, 2.24) is 10.2 Å². The first-order chi connectivity index (χ1) is 6.64. The number of hydrogen-bond acceptors (Lipinski definition) is 3. The molecule has 3 heteroatoms. The molecule has 0 amide bonds. The first-order valence-corrected chi connectivity index (χ1v) is 5.79. The van der Waals surface area contributed by atoms with Gasteiger partial charge in [-0.1, -0.05) is 6.92 Å². The Morgan fingerprint density at radius 2 is 2.36 bits per heavy atom. The van der Waals surface area contributed by atoms with Crippen LogP contribution in [0.15, 0.2) is 0 Å². The highest BCUT2D eigenvalue weighted by Crippen LogP contribution is 2.32. The zero-order chi connectivity index (χ0) is 10.2. The molecule has 2 saturated heterocycles. The van der Waals surface area contributed by atoms with E-state index in [0.717, 1.165) is 6.54 Å². The molecule has 82 valence electrons. The maximum atomic E-state index is 5.99. The summed E-state index contributed by atoms with van der Waals surface area (Å²) in [6, 6.07) is 0. The number of likely N-dealkylation sites (tertiary alicyclic amines) is 1. The first kappa shape index (κ1) is 10.4. The molecule has 0 aromatic heterocycles. The third-order valence-electron chi connectivity index (χ3n) is 3.69. The molecule has 14 heavy (non-hydrogen) atoms. The molecule has 0 radical (unpaired) electrons. The first-order valence-electron chi connectivity index (χ1n) is 5.79. The van der Waals surface area contributed by atoms with Crippen LogP contribution in [0, 0.1) is 5.92 Å². The van der Waals surface area contributed by atoms with Gasteiger partial charge in [-0.15, -0.1) is 0 Å². The minimum absolute atomic E-state index is 0.0661. The van der Waals surface area contributed by atoms with E-state index < -0.39 is 0 Å². The minimum atomic E-state index is -0.0661. The van der Waals surface area contributed by atoms with Gasteiger partial charge in [-0.25, -0.2) is 0 Å². The second kappa shape index (κ2) is 3.80. The largest absolute Gasteiger partial charge is 0.356 e. The van der Waals surface area contributed by atoms with Crippen LogP contribution in [-0.2, 0) is 4.74 Å². The van der Waals surface area contributed by atoms with Gasteiger partial charge in [-0.3, -0.25) is 5.32 Å². The summed E-state index contributed by atoms with van der Waals surface area (Å²) in [6.45, 7) is 11.2. The van der Waals surface area contributed by atoms with E-state index in [4.69, 9.17) is 4.74 Å². The maximum absolute atomic E-state index is 5.99. The van der Waals surface area contributed by atoms with Crippen molar-refractivity contribution in [2.75, 3.05) is 26.2 Å². The fourth-order valence-corrected chi connectivity index (χ4v) is 2.66. The summed E-state index contributed by atoms with van der Waals surface area (Å²) < 4.78 is 5.99. The second-order valence-electron chi connectivity index (χ2n) is 4.80. The SMILES string of the molecule is CCN1CCC(C2(C)NCC(C)O2)C1. The molecule has 0 saturated carbocycles. The molecule has 2 heterocycles. The van der Waals surface area contributed by atoms with E-state index in [0.29, 0.717) is 12.0 Å². The molecule has 2 aliphatic rings. The van der Waals surface area contributed by atoms with Crippen LogP contribution in [0.25, 0.3) is 0 Å². The summed E-state index contributed by atoms with van der Waals surface area (Å²) in [5, 5.41) is 3.52. The molecule has 0 aromatic carbocycles. The van der Waals surface area contributed by atoms with E-state index in [9.17, 15) is 0 Å². The van der Waals surface area contributed by atoms with Crippen molar-refractivity contribution in [1.29, 1.82) is 0 Å². The molecule has 2 rings (SSSR count). The van der Waals surface area contributed by atoms with Gasteiger partial charge in [-0.05, 0) is 33.4 Å². The summed E-state index contributed by atoms with van der Waals surface area (Å²) in [5.74, 6) is 0.660. The van der Waals surface area contributed by atoms with Crippen molar-refractivity contribution in [3.63, 3.8) is 0 Å². The third-order valence-corrected chi connectivity index (χ3v) is 3.69. The summed E-state index contributed by atoms with van der Waals surface area (Å²) >= 11 is 0. The predicted molar refractivity (Wildman–Crippen MR) is 57.2 cm³/mol. The average Bonchev–Trinajstić information content (AvgIpc) is 2.73. The standard InChI is InChI=1S/C11H22N2O/c1-4-13-6-5-10(8-13)11(3)12-7-9(2)14-11/h9-10,12H,4-8H2,1-3H3. The van der Waals surface area contributed by atoms with Crippen molar-refractivity contribution in [3.05, 3.63) is 0 Å². The van der Waals surface area contributed by atoms with E-state index in [-0.39, 0.29) is 5.72 Å². The van der Waals surface area contributed by atoms with E-state index in [1.165, 1.54) is 26.1 Å². The summed E-state index contributed by atoms with van der Waals surface area (Å²) in [6.07, 6.45) is 1.64. The van der Waals surface area contributed by atoms with Gasteiger partial charge in [0.2, 0.25) is 0 Å². The van der Waals surface area contributed by atoms with Gasteiger partial charge in [-0.2, -0.15) is 0 Å². The van der Waals surface area contributed by atoms with Crippen LogP contribution in [-0.4, -0.2) is 42.9 Å². The van der Waals surface area contributed by atoms with Crippen LogP contribution < -0.4 is 5.32 Å². The zero-order valence-corrected chi connectivity index (χ0v) is 9.55. The van der Waals surface area contributed by atoms with Crippen molar-refractivity contribution < 1.29 is 4.74 Å². The Hall–Kier alpha value is -0.120. The van der Waals surface area contributed by atoms with Crippen LogP contribution in [0.3, 0.4) is 0 Å². The number of ether oxygens (including phenoxy) is 1. The quantitative estimate of drug-likeness (QED) is 0.718. The van der Waals surface area contributed by atoms with Gasteiger partial charge in [0.15, 0.2) is 0 Å². The van der Waals surface area contributed by atoms with Crippen LogP contribution in [0.2, 0.25) is 0 Å². The molecular formula is C11H22N2O. The highest BCUT2D eigenvalue weighted by Gasteiger charge is 2.43. The Balaban J connectivity index is 1.95. The molecule has 2 fully saturated rings. The Morgan fingerprint density at radius 3 is 2.86 bits per heavy atom. The van der Waals surface area contributed by atoms with E-state index in [1.807, 2.05) is 0 Å².